The third kappa shape index (κ3) is 3.58. The molecule has 0 unspecified atom stereocenters. The average molecular weight is 350 g/mol. The molecule has 3 N–H and O–H groups in total. The van der Waals surface area contributed by atoms with E-state index in [-0.39, 0.29) is 6.42 Å². The van der Waals surface area contributed by atoms with Crippen LogP contribution in [0.1, 0.15) is 18.4 Å². The Kier molecular flexibility index (Phi) is 4.63. The quantitative estimate of drug-likeness (QED) is 0.649. The molecule has 1 aliphatic rings. The van der Waals surface area contributed by atoms with Crippen molar-refractivity contribution in [2.45, 2.75) is 25.3 Å². The predicted octanol–water partition coefficient (Wildman–Crippen LogP) is 4.05. The highest BCUT2D eigenvalue weighted by Crippen LogP contribution is 2.31. The first kappa shape index (κ1) is 16.7. The molecule has 0 saturated carbocycles. The van der Waals surface area contributed by atoms with Crippen LogP contribution in [0.4, 0.5) is 5.69 Å². The summed E-state index contributed by atoms with van der Waals surface area (Å²) in [7, 11) is 0. The fraction of sp³-hybridized carbons (Fsp3) is 0.286. The molecule has 4 rings (SSSR count). The Labute approximate surface area is 152 Å². The van der Waals surface area contributed by atoms with Crippen molar-refractivity contribution in [3.05, 3.63) is 54.1 Å². The zero-order valence-electron chi connectivity index (χ0n) is 14.5. The maximum absolute atomic E-state index is 11.2. The number of hydrogen-bond acceptors (Lipinski definition) is 3. The minimum absolute atomic E-state index is 0.0181. The van der Waals surface area contributed by atoms with Gasteiger partial charge in [-0.05, 0) is 42.2 Å². The Morgan fingerprint density at radius 1 is 1.15 bits per heavy atom. The van der Waals surface area contributed by atoms with Crippen molar-refractivity contribution in [1.82, 2.24) is 4.98 Å². The van der Waals surface area contributed by atoms with Crippen LogP contribution < -0.4 is 5.32 Å². The van der Waals surface area contributed by atoms with Gasteiger partial charge in [0.2, 0.25) is 0 Å². The Balaban J connectivity index is 1.75. The summed E-state index contributed by atoms with van der Waals surface area (Å²) < 4.78 is 5.44. The highest BCUT2D eigenvalue weighted by molar-refractivity contribution is 5.96. The Morgan fingerprint density at radius 3 is 2.65 bits per heavy atom. The number of ether oxygens (including phenoxy) is 1. The van der Waals surface area contributed by atoms with Gasteiger partial charge in [0, 0.05) is 30.3 Å². The van der Waals surface area contributed by atoms with Crippen LogP contribution in [-0.2, 0) is 16.0 Å². The van der Waals surface area contributed by atoms with E-state index in [1.807, 2.05) is 30.3 Å². The summed E-state index contributed by atoms with van der Waals surface area (Å²) in [6.07, 6.45) is 1.93. The second kappa shape index (κ2) is 7.22. The first-order valence-corrected chi connectivity index (χ1v) is 8.96. The molecule has 0 radical (unpaired) electrons. The number of carbonyl (C=O) groups is 1. The first-order chi connectivity index (χ1) is 12.7. The van der Waals surface area contributed by atoms with Crippen LogP contribution in [0.2, 0.25) is 0 Å². The molecule has 3 aromatic rings. The molecule has 1 aromatic heterocycles. The van der Waals surface area contributed by atoms with Gasteiger partial charge >= 0.3 is 5.97 Å². The van der Waals surface area contributed by atoms with Gasteiger partial charge in [-0.15, -0.1) is 0 Å². The maximum Gasteiger partial charge on any atom is 0.307 e. The van der Waals surface area contributed by atoms with Gasteiger partial charge in [0.1, 0.15) is 0 Å². The van der Waals surface area contributed by atoms with Crippen molar-refractivity contribution in [3.8, 4) is 11.3 Å². The number of rotatable bonds is 5. The molecule has 26 heavy (non-hydrogen) atoms. The molecule has 0 atom stereocenters. The summed E-state index contributed by atoms with van der Waals surface area (Å²) in [5, 5.41) is 13.8. The fourth-order valence-electron chi connectivity index (χ4n) is 3.53. The standard InChI is InChI=1S/C21H22N2O3/c24-20(25)12-14-10-16-13-18(15-4-2-1-3-5-15)23-21(16)19(11-14)22-17-6-8-26-9-7-17/h1-5,10-11,13,17,22-23H,6-9,12H2,(H,24,25). The van der Waals surface area contributed by atoms with E-state index < -0.39 is 5.97 Å². The van der Waals surface area contributed by atoms with Crippen molar-refractivity contribution in [2.75, 3.05) is 18.5 Å². The molecule has 134 valence electrons. The van der Waals surface area contributed by atoms with E-state index in [1.165, 1.54) is 0 Å². The van der Waals surface area contributed by atoms with Gasteiger partial charge in [-0.1, -0.05) is 30.3 Å². The summed E-state index contributed by atoms with van der Waals surface area (Å²) in [4.78, 5) is 14.7. The van der Waals surface area contributed by atoms with Crippen molar-refractivity contribution < 1.29 is 14.6 Å². The molecule has 2 heterocycles. The fourth-order valence-corrected chi connectivity index (χ4v) is 3.53. The van der Waals surface area contributed by atoms with Crippen LogP contribution in [0.15, 0.2) is 48.5 Å². The van der Waals surface area contributed by atoms with Crippen LogP contribution in [-0.4, -0.2) is 35.3 Å². The summed E-state index contributed by atoms with van der Waals surface area (Å²) in [5.74, 6) is -0.819. The van der Waals surface area contributed by atoms with Crippen LogP contribution >= 0.6 is 0 Å². The van der Waals surface area contributed by atoms with Crippen LogP contribution in [0.25, 0.3) is 22.2 Å². The number of anilines is 1. The predicted molar refractivity (Wildman–Crippen MR) is 103 cm³/mol. The molecule has 2 aromatic carbocycles. The largest absolute Gasteiger partial charge is 0.481 e. The number of hydrogen-bond donors (Lipinski definition) is 3. The van der Waals surface area contributed by atoms with E-state index in [4.69, 9.17) is 4.74 Å². The number of carboxylic acids is 1. The molecule has 0 bridgehead atoms. The number of aromatic nitrogens is 1. The molecule has 1 aliphatic heterocycles. The number of fused-ring (bicyclic) bond motifs is 1. The number of benzene rings is 2. The second-order valence-electron chi connectivity index (χ2n) is 6.76. The monoisotopic (exact) mass is 350 g/mol. The molecular formula is C21H22N2O3. The third-order valence-corrected chi connectivity index (χ3v) is 4.81. The second-order valence-corrected chi connectivity index (χ2v) is 6.76. The van der Waals surface area contributed by atoms with E-state index in [0.29, 0.717) is 6.04 Å². The zero-order chi connectivity index (χ0) is 17.9. The summed E-state index contributed by atoms with van der Waals surface area (Å²) in [5.41, 5.74) is 4.93. The molecule has 1 fully saturated rings. The van der Waals surface area contributed by atoms with Crippen molar-refractivity contribution in [3.63, 3.8) is 0 Å². The van der Waals surface area contributed by atoms with Gasteiger partial charge in [-0.25, -0.2) is 0 Å². The highest BCUT2D eigenvalue weighted by Gasteiger charge is 2.17. The Bertz CT molecular complexity index is 912. The minimum Gasteiger partial charge on any atom is -0.481 e. The zero-order valence-corrected chi connectivity index (χ0v) is 14.5. The van der Waals surface area contributed by atoms with Gasteiger partial charge in [0.25, 0.3) is 0 Å². The number of carboxylic acid groups (broad SMARTS) is 1. The molecule has 5 nitrogen and oxygen atoms in total. The highest BCUT2D eigenvalue weighted by atomic mass is 16.5. The van der Waals surface area contributed by atoms with E-state index >= 15 is 0 Å². The van der Waals surface area contributed by atoms with Crippen LogP contribution in [0.5, 0.6) is 0 Å². The van der Waals surface area contributed by atoms with E-state index in [1.54, 1.807) is 0 Å². The van der Waals surface area contributed by atoms with Crippen molar-refractivity contribution in [1.29, 1.82) is 0 Å². The lowest BCUT2D eigenvalue weighted by molar-refractivity contribution is -0.136. The Morgan fingerprint density at radius 2 is 1.92 bits per heavy atom. The lowest BCUT2D eigenvalue weighted by atomic mass is 10.0. The van der Waals surface area contributed by atoms with Crippen LogP contribution in [0, 0.1) is 0 Å². The van der Waals surface area contributed by atoms with E-state index in [0.717, 1.165) is 59.5 Å². The molecule has 0 spiro atoms. The first-order valence-electron chi connectivity index (χ1n) is 8.96. The minimum atomic E-state index is -0.819. The van der Waals surface area contributed by atoms with Gasteiger partial charge in [-0.2, -0.15) is 0 Å². The lowest BCUT2D eigenvalue weighted by Gasteiger charge is -2.24. The Hall–Kier alpha value is -2.79. The molecule has 1 saturated heterocycles. The third-order valence-electron chi connectivity index (χ3n) is 4.81. The van der Waals surface area contributed by atoms with Gasteiger partial charge in [0.05, 0.1) is 17.6 Å². The molecule has 0 amide bonds. The maximum atomic E-state index is 11.2. The number of aliphatic carboxylic acids is 1. The SMILES string of the molecule is O=C(O)Cc1cc(NC2CCOCC2)c2[nH]c(-c3ccccc3)cc2c1. The molecule has 5 heteroatoms. The smallest absolute Gasteiger partial charge is 0.307 e. The topological polar surface area (TPSA) is 74.3 Å². The van der Waals surface area contributed by atoms with E-state index in [2.05, 4.69) is 28.5 Å². The molecular weight excluding hydrogens is 328 g/mol. The van der Waals surface area contributed by atoms with Crippen molar-refractivity contribution >= 4 is 22.6 Å². The van der Waals surface area contributed by atoms with Gasteiger partial charge in [0.15, 0.2) is 0 Å². The average Bonchev–Trinajstić information content (AvgIpc) is 3.07. The van der Waals surface area contributed by atoms with Crippen LogP contribution in [0.3, 0.4) is 0 Å². The number of nitrogens with one attached hydrogen (secondary N) is 2. The number of aromatic amines is 1. The summed E-state index contributed by atoms with van der Waals surface area (Å²) in [6, 6.07) is 16.5. The van der Waals surface area contributed by atoms with Crippen molar-refractivity contribution in [2.24, 2.45) is 0 Å². The summed E-state index contributed by atoms with van der Waals surface area (Å²) >= 11 is 0. The lowest BCUT2D eigenvalue weighted by Crippen LogP contribution is -2.28. The number of H-pyrrole nitrogens is 1. The van der Waals surface area contributed by atoms with Gasteiger partial charge in [-0.3, -0.25) is 4.79 Å². The van der Waals surface area contributed by atoms with E-state index in [9.17, 15) is 9.90 Å². The van der Waals surface area contributed by atoms with Gasteiger partial charge < -0.3 is 20.1 Å². The summed E-state index contributed by atoms with van der Waals surface area (Å²) in [6.45, 7) is 1.52. The molecule has 0 aliphatic carbocycles. The normalized spacial score (nSPS) is 15.2.